The van der Waals surface area contributed by atoms with E-state index in [9.17, 15) is 4.79 Å². The van der Waals surface area contributed by atoms with Crippen molar-refractivity contribution in [1.29, 1.82) is 0 Å². The van der Waals surface area contributed by atoms with Crippen molar-refractivity contribution in [1.82, 2.24) is 5.32 Å². The third kappa shape index (κ3) is 8.35. The van der Waals surface area contributed by atoms with Crippen molar-refractivity contribution >= 4 is 5.97 Å². The summed E-state index contributed by atoms with van der Waals surface area (Å²) in [5.74, 6) is -0.205. The summed E-state index contributed by atoms with van der Waals surface area (Å²) >= 11 is 0. The molecule has 1 rings (SSSR count). The molecule has 0 saturated carbocycles. The fourth-order valence-electron chi connectivity index (χ4n) is 2.09. The molecular weight excluding hydrogens is 266 g/mol. The molecule has 0 aliphatic rings. The molecule has 1 aromatic rings. The second-order valence-electron chi connectivity index (χ2n) is 5.20. The topological polar surface area (TPSA) is 58.6 Å². The first-order chi connectivity index (χ1) is 10.2. The zero-order valence-corrected chi connectivity index (χ0v) is 12.9. The normalized spacial score (nSPS) is 10.5. The van der Waals surface area contributed by atoms with E-state index in [1.165, 1.54) is 38.5 Å². The summed E-state index contributed by atoms with van der Waals surface area (Å²) in [6.07, 6.45) is 7.85. The maximum Gasteiger partial charge on any atom is 0.335 e. The van der Waals surface area contributed by atoms with E-state index in [0.717, 1.165) is 13.1 Å². The van der Waals surface area contributed by atoms with Crippen LogP contribution in [0.2, 0.25) is 0 Å². The summed E-state index contributed by atoms with van der Waals surface area (Å²) in [7, 11) is 0. The predicted octanol–water partition coefficient (Wildman–Crippen LogP) is 3.71. The number of hydrogen-bond acceptors (Lipinski definition) is 3. The molecule has 0 aliphatic carbocycles. The molecule has 0 atom stereocenters. The molecule has 21 heavy (non-hydrogen) atoms. The Balaban J connectivity index is 1.98. The first kappa shape index (κ1) is 17.5. The number of rotatable bonds is 12. The van der Waals surface area contributed by atoms with Gasteiger partial charge in [-0.3, -0.25) is 0 Å². The van der Waals surface area contributed by atoms with Gasteiger partial charge >= 0.3 is 5.97 Å². The number of carboxylic acid groups (broad SMARTS) is 1. The highest BCUT2D eigenvalue weighted by atomic mass is 16.5. The molecular formula is C17H27NO3. The Hall–Kier alpha value is -1.55. The minimum Gasteiger partial charge on any atom is -0.492 e. The Labute approximate surface area is 127 Å². The summed E-state index contributed by atoms with van der Waals surface area (Å²) in [6, 6.07) is 6.50. The van der Waals surface area contributed by atoms with Crippen LogP contribution in [0, 0.1) is 0 Å². The minimum atomic E-state index is -0.915. The third-order valence-electron chi connectivity index (χ3n) is 3.36. The van der Waals surface area contributed by atoms with Crippen molar-refractivity contribution in [3.8, 4) is 5.75 Å². The van der Waals surface area contributed by atoms with E-state index in [1.807, 2.05) is 0 Å². The van der Waals surface area contributed by atoms with Gasteiger partial charge in [0.25, 0.3) is 0 Å². The molecule has 0 heterocycles. The van der Waals surface area contributed by atoms with Crippen molar-refractivity contribution in [2.75, 3.05) is 19.7 Å². The number of carbonyl (C=O) groups is 1. The van der Waals surface area contributed by atoms with Gasteiger partial charge in [0.05, 0.1) is 5.56 Å². The first-order valence-corrected chi connectivity index (χ1v) is 7.91. The van der Waals surface area contributed by atoms with Crippen molar-refractivity contribution < 1.29 is 14.6 Å². The van der Waals surface area contributed by atoms with Crippen molar-refractivity contribution in [2.24, 2.45) is 0 Å². The SMILES string of the molecule is CCCCCCCCNCCOc1ccc(C(=O)O)cc1. The molecule has 0 radical (unpaired) electrons. The summed E-state index contributed by atoms with van der Waals surface area (Å²) in [5, 5.41) is 12.1. The van der Waals surface area contributed by atoms with E-state index >= 15 is 0 Å². The minimum absolute atomic E-state index is 0.281. The maximum atomic E-state index is 10.7. The third-order valence-corrected chi connectivity index (χ3v) is 3.36. The second kappa shape index (κ2) is 11.1. The summed E-state index contributed by atoms with van der Waals surface area (Å²) in [4.78, 5) is 10.7. The zero-order chi connectivity index (χ0) is 15.3. The quantitative estimate of drug-likeness (QED) is 0.577. The van der Waals surface area contributed by atoms with Crippen LogP contribution >= 0.6 is 0 Å². The molecule has 0 amide bonds. The van der Waals surface area contributed by atoms with Gasteiger partial charge in [-0.15, -0.1) is 0 Å². The molecule has 4 heteroatoms. The fourth-order valence-corrected chi connectivity index (χ4v) is 2.09. The number of unbranched alkanes of at least 4 members (excludes halogenated alkanes) is 5. The average Bonchev–Trinajstić information content (AvgIpc) is 2.49. The van der Waals surface area contributed by atoms with E-state index < -0.39 is 5.97 Å². The number of benzene rings is 1. The van der Waals surface area contributed by atoms with Gasteiger partial charge in [0.2, 0.25) is 0 Å². The fraction of sp³-hybridized carbons (Fsp3) is 0.588. The molecule has 0 spiro atoms. The van der Waals surface area contributed by atoms with E-state index in [1.54, 1.807) is 24.3 Å². The predicted molar refractivity (Wildman–Crippen MR) is 85.1 cm³/mol. The molecule has 0 saturated heterocycles. The van der Waals surface area contributed by atoms with Gasteiger partial charge in [0, 0.05) is 6.54 Å². The van der Waals surface area contributed by atoms with Gasteiger partial charge in [-0.1, -0.05) is 39.0 Å². The Morgan fingerprint density at radius 2 is 1.71 bits per heavy atom. The van der Waals surface area contributed by atoms with Gasteiger partial charge in [-0.2, -0.15) is 0 Å². The smallest absolute Gasteiger partial charge is 0.335 e. The van der Waals surface area contributed by atoms with Gasteiger partial charge in [-0.25, -0.2) is 4.79 Å². The van der Waals surface area contributed by atoms with Crippen LogP contribution < -0.4 is 10.1 Å². The highest BCUT2D eigenvalue weighted by molar-refractivity contribution is 5.87. The number of carboxylic acids is 1. The molecule has 0 aliphatic heterocycles. The summed E-state index contributed by atoms with van der Waals surface area (Å²) in [6.45, 7) is 4.68. The van der Waals surface area contributed by atoms with Gasteiger partial charge < -0.3 is 15.2 Å². The molecule has 0 bridgehead atoms. The van der Waals surface area contributed by atoms with E-state index in [2.05, 4.69) is 12.2 Å². The van der Waals surface area contributed by atoms with Gasteiger partial charge in [-0.05, 0) is 37.2 Å². The molecule has 0 fully saturated rings. The molecule has 2 N–H and O–H groups in total. The number of nitrogens with one attached hydrogen (secondary N) is 1. The highest BCUT2D eigenvalue weighted by Gasteiger charge is 2.01. The molecule has 4 nitrogen and oxygen atoms in total. The van der Waals surface area contributed by atoms with Crippen molar-refractivity contribution in [2.45, 2.75) is 45.4 Å². The van der Waals surface area contributed by atoms with Gasteiger partial charge in [0.15, 0.2) is 0 Å². The van der Waals surface area contributed by atoms with Crippen LogP contribution in [0.3, 0.4) is 0 Å². The lowest BCUT2D eigenvalue weighted by atomic mass is 10.1. The van der Waals surface area contributed by atoms with Crippen LogP contribution in [-0.4, -0.2) is 30.8 Å². The van der Waals surface area contributed by atoms with Gasteiger partial charge in [0.1, 0.15) is 12.4 Å². The average molecular weight is 293 g/mol. The lowest BCUT2D eigenvalue weighted by Gasteiger charge is -2.08. The van der Waals surface area contributed by atoms with Crippen LogP contribution in [0.15, 0.2) is 24.3 Å². The number of ether oxygens (including phenoxy) is 1. The Bertz CT molecular complexity index is 390. The summed E-state index contributed by atoms with van der Waals surface area (Å²) in [5.41, 5.74) is 0.281. The largest absolute Gasteiger partial charge is 0.492 e. The monoisotopic (exact) mass is 293 g/mol. The van der Waals surface area contributed by atoms with Crippen molar-refractivity contribution in [3.63, 3.8) is 0 Å². The summed E-state index contributed by atoms with van der Waals surface area (Å²) < 4.78 is 5.54. The lowest BCUT2D eigenvalue weighted by molar-refractivity contribution is 0.0697. The Morgan fingerprint density at radius 3 is 2.38 bits per heavy atom. The zero-order valence-electron chi connectivity index (χ0n) is 12.9. The molecule has 0 aromatic heterocycles. The number of hydrogen-bond donors (Lipinski definition) is 2. The Morgan fingerprint density at radius 1 is 1.05 bits per heavy atom. The van der Waals surface area contributed by atoms with E-state index in [-0.39, 0.29) is 5.56 Å². The standard InChI is InChI=1S/C17H27NO3/c1-2-3-4-5-6-7-12-18-13-14-21-16-10-8-15(9-11-16)17(19)20/h8-11,18H,2-7,12-14H2,1H3,(H,19,20). The molecule has 1 aromatic carbocycles. The highest BCUT2D eigenvalue weighted by Crippen LogP contribution is 2.11. The number of aromatic carboxylic acids is 1. The van der Waals surface area contributed by atoms with Crippen molar-refractivity contribution in [3.05, 3.63) is 29.8 Å². The Kier molecular flexibility index (Phi) is 9.29. The molecule has 0 unspecified atom stereocenters. The second-order valence-corrected chi connectivity index (χ2v) is 5.20. The van der Waals surface area contributed by atoms with Crippen LogP contribution in [0.1, 0.15) is 55.8 Å². The van der Waals surface area contributed by atoms with Crippen LogP contribution in [0.5, 0.6) is 5.75 Å². The van der Waals surface area contributed by atoms with Crippen LogP contribution in [0.4, 0.5) is 0 Å². The maximum absolute atomic E-state index is 10.7. The van der Waals surface area contributed by atoms with Crippen LogP contribution in [0.25, 0.3) is 0 Å². The molecule has 118 valence electrons. The first-order valence-electron chi connectivity index (χ1n) is 7.91. The van der Waals surface area contributed by atoms with Crippen LogP contribution in [-0.2, 0) is 0 Å². The van der Waals surface area contributed by atoms with E-state index in [0.29, 0.717) is 12.4 Å². The van der Waals surface area contributed by atoms with E-state index in [4.69, 9.17) is 9.84 Å². The lowest BCUT2D eigenvalue weighted by Crippen LogP contribution is -2.22.